The average molecular weight is 265 g/mol. The topological polar surface area (TPSA) is 49.8 Å². The van der Waals surface area contributed by atoms with E-state index in [2.05, 4.69) is 0 Å². The zero-order valence-corrected chi connectivity index (χ0v) is 11.9. The van der Waals surface area contributed by atoms with Crippen LogP contribution in [-0.4, -0.2) is 42.7 Å². The molecule has 4 nitrogen and oxygen atoms in total. The molecule has 1 N–H and O–H groups in total. The van der Waals surface area contributed by atoms with Crippen molar-refractivity contribution in [2.75, 3.05) is 26.7 Å². The van der Waals surface area contributed by atoms with Crippen LogP contribution in [0.1, 0.15) is 18.9 Å². The van der Waals surface area contributed by atoms with Gasteiger partial charge in [-0.1, -0.05) is 19.1 Å². The van der Waals surface area contributed by atoms with Crippen LogP contribution in [0.25, 0.3) is 0 Å². The summed E-state index contributed by atoms with van der Waals surface area (Å²) in [7, 11) is 1.94. The van der Waals surface area contributed by atoms with Gasteiger partial charge in [0, 0.05) is 13.1 Å². The number of ether oxygens (including phenoxy) is 1. The number of nitrogens with zero attached hydrogens (tertiary/aromatic N) is 1. The lowest BCUT2D eigenvalue weighted by Gasteiger charge is -2.18. The van der Waals surface area contributed by atoms with Crippen molar-refractivity contribution in [2.45, 2.75) is 20.3 Å². The third-order valence-corrected chi connectivity index (χ3v) is 2.95. The zero-order valence-electron chi connectivity index (χ0n) is 11.9. The number of rotatable bonds is 8. The van der Waals surface area contributed by atoms with Crippen molar-refractivity contribution in [1.29, 1.82) is 0 Å². The van der Waals surface area contributed by atoms with Crippen LogP contribution in [0.4, 0.5) is 0 Å². The second-order valence-electron chi connectivity index (χ2n) is 5.02. The van der Waals surface area contributed by atoms with Gasteiger partial charge in [-0.25, -0.2) is 0 Å². The molecule has 0 saturated carbocycles. The highest BCUT2D eigenvalue weighted by Gasteiger charge is 2.12. The summed E-state index contributed by atoms with van der Waals surface area (Å²) in [6.45, 7) is 5.81. The van der Waals surface area contributed by atoms with Crippen molar-refractivity contribution >= 4 is 5.97 Å². The average Bonchev–Trinajstić information content (AvgIpc) is 2.34. The first-order valence-corrected chi connectivity index (χ1v) is 6.60. The van der Waals surface area contributed by atoms with Gasteiger partial charge >= 0.3 is 5.97 Å². The van der Waals surface area contributed by atoms with Crippen LogP contribution in [0.15, 0.2) is 24.3 Å². The van der Waals surface area contributed by atoms with E-state index in [-0.39, 0.29) is 5.92 Å². The van der Waals surface area contributed by atoms with E-state index in [9.17, 15) is 4.79 Å². The predicted molar refractivity (Wildman–Crippen MR) is 75.6 cm³/mol. The maximum atomic E-state index is 10.7. The standard InChI is InChI=1S/C15H23NO3/c1-12-6-4-7-14(10-12)19-9-5-8-16(3)11-13(2)15(17)18/h4,6-7,10,13H,5,8-9,11H2,1-3H3,(H,17,18). The number of carbonyl (C=O) groups is 1. The van der Waals surface area contributed by atoms with Crippen molar-refractivity contribution < 1.29 is 14.6 Å². The molecule has 1 aromatic rings. The van der Waals surface area contributed by atoms with Gasteiger partial charge in [0.15, 0.2) is 0 Å². The van der Waals surface area contributed by atoms with Crippen molar-refractivity contribution in [3.63, 3.8) is 0 Å². The third-order valence-electron chi connectivity index (χ3n) is 2.95. The van der Waals surface area contributed by atoms with E-state index in [1.807, 2.05) is 43.1 Å². The van der Waals surface area contributed by atoms with E-state index >= 15 is 0 Å². The Labute approximate surface area is 115 Å². The van der Waals surface area contributed by atoms with E-state index in [0.717, 1.165) is 18.7 Å². The van der Waals surface area contributed by atoms with Gasteiger partial charge in [0.05, 0.1) is 12.5 Å². The fourth-order valence-electron chi connectivity index (χ4n) is 1.87. The Kier molecular flexibility index (Phi) is 6.36. The summed E-state index contributed by atoms with van der Waals surface area (Å²) in [6.07, 6.45) is 0.886. The minimum atomic E-state index is -0.747. The van der Waals surface area contributed by atoms with E-state index in [4.69, 9.17) is 9.84 Å². The Hall–Kier alpha value is -1.55. The van der Waals surface area contributed by atoms with Crippen molar-refractivity contribution in [3.05, 3.63) is 29.8 Å². The summed E-state index contributed by atoms with van der Waals surface area (Å²) in [4.78, 5) is 12.8. The molecular weight excluding hydrogens is 242 g/mol. The van der Waals surface area contributed by atoms with Gasteiger partial charge in [0.25, 0.3) is 0 Å². The van der Waals surface area contributed by atoms with E-state index in [1.54, 1.807) is 6.92 Å². The number of benzene rings is 1. The Balaban J connectivity index is 2.18. The molecule has 1 unspecified atom stereocenters. The molecule has 4 heteroatoms. The van der Waals surface area contributed by atoms with E-state index in [0.29, 0.717) is 13.2 Å². The van der Waals surface area contributed by atoms with Crippen LogP contribution in [0.5, 0.6) is 5.75 Å². The molecule has 0 amide bonds. The number of hydrogen-bond acceptors (Lipinski definition) is 3. The van der Waals surface area contributed by atoms with Crippen molar-refractivity contribution in [2.24, 2.45) is 5.92 Å². The summed E-state index contributed by atoms with van der Waals surface area (Å²) in [6, 6.07) is 7.97. The molecule has 19 heavy (non-hydrogen) atoms. The molecule has 0 bridgehead atoms. The van der Waals surface area contributed by atoms with E-state index in [1.165, 1.54) is 5.56 Å². The molecule has 0 heterocycles. The molecule has 0 fully saturated rings. The van der Waals surface area contributed by atoms with Crippen LogP contribution in [0.3, 0.4) is 0 Å². The highest BCUT2D eigenvalue weighted by molar-refractivity contribution is 5.69. The minimum absolute atomic E-state index is 0.331. The monoisotopic (exact) mass is 265 g/mol. The molecule has 0 aliphatic carbocycles. The first-order valence-electron chi connectivity index (χ1n) is 6.60. The van der Waals surface area contributed by atoms with Crippen LogP contribution < -0.4 is 4.74 Å². The largest absolute Gasteiger partial charge is 0.494 e. The Morgan fingerprint density at radius 1 is 1.47 bits per heavy atom. The Morgan fingerprint density at radius 2 is 2.21 bits per heavy atom. The molecular formula is C15H23NO3. The van der Waals surface area contributed by atoms with Gasteiger partial charge in [-0.3, -0.25) is 4.79 Å². The maximum Gasteiger partial charge on any atom is 0.307 e. The smallest absolute Gasteiger partial charge is 0.307 e. The quantitative estimate of drug-likeness (QED) is 0.733. The van der Waals surface area contributed by atoms with Crippen LogP contribution in [0.2, 0.25) is 0 Å². The van der Waals surface area contributed by atoms with Crippen LogP contribution >= 0.6 is 0 Å². The molecule has 0 spiro atoms. The molecule has 106 valence electrons. The minimum Gasteiger partial charge on any atom is -0.494 e. The van der Waals surface area contributed by atoms with Crippen molar-refractivity contribution in [3.8, 4) is 5.75 Å². The van der Waals surface area contributed by atoms with Gasteiger partial charge in [-0.05, 0) is 38.1 Å². The Morgan fingerprint density at radius 3 is 2.84 bits per heavy atom. The van der Waals surface area contributed by atoms with Gasteiger partial charge in [-0.2, -0.15) is 0 Å². The summed E-state index contributed by atoms with van der Waals surface area (Å²) in [5.74, 6) is -0.188. The number of aliphatic carboxylic acids is 1. The van der Waals surface area contributed by atoms with Crippen molar-refractivity contribution in [1.82, 2.24) is 4.90 Å². The van der Waals surface area contributed by atoms with Gasteiger partial charge in [0.1, 0.15) is 5.75 Å². The normalized spacial score (nSPS) is 12.4. The fraction of sp³-hybridized carbons (Fsp3) is 0.533. The summed E-state index contributed by atoms with van der Waals surface area (Å²) < 4.78 is 5.65. The first-order chi connectivity index (χ1) is 8.99. The lowest BCUT2D eigenvalue weighted by molar-refractivity contribution is -0.141. The summed E-state index contributed by atoms with van der Waals surface area (Å²) in [5, 5.41) is 8.83. The molecule has 1 rings (SSSR count). The molecule has 1 aromatic carbocycles. The number of carboxylic acids is 1. The fourth-order valence-corrected chi connectivity index (χ4v) is 1.87. The predicted octanol–water partition coefficient (Wildman–Crippen LogP) is 2.42. The van der Waals surface area contributed by atoms with Crippen LogP contribution in [-0.2, 0) is 4.79 Å². The molecule has 0 radical (unpaired) electrons. The number of aryl methyl sites for hydroxylation is 1. The Bertz CT molecular complexity index is 406. The van der Waals surface area contributed by atoms with Gasteiger partial charge < -0.3 is 14.7 Å². The van der Waals surface area contributed by atoms with Gasteiger partial charge in [0.2, 0.25) is 0 Å². The molecule has 0 saturated heterocycles. The maximum absolute atomic E-state index is 10.7. The number of carboxylic acid groups (broad SMARTS) is 1. The third kappa shape index (κ3) is 6.25. The highest BCUT2D eigenvalue weighted by Crippen LogP contribution is 2.12. The summed E-state index contributed by atoms with van der Waals surface area (Å²) in [5.41, 5.74) is 1.19. The lowest BCUT2D eigenvalue weighted by Crippen LogP contribution is -2.30. The molecule has 1 atom stereocenters. The highest BCUT2D eigenvalue weighted by atomic mass is 16.5. The van der Waals surface area contributed by atoms with Crippen LogP contribution in [0, 0.1) is 12.8 Å². The lowest BCUT2D eigenvalue weighted by atomic mass is 10.2. The molecule has 0 aliphatic rings. The molecule has 0 aromatic heterocycles. The first kappa shape index (κ1) is 15.5. The zero-order chi connectivity index (χ0) is 14.3. The number of hydrogen-bond donors (Lipinski definition) is 1. The van der Waals surface area contributed by atoms with E-state index < -0.39 is 5.97 Å². The summed E-state index contributed by atoms with van der Waals surface area (Å²) >= 11 is 0. The second kappa shape index (κ2) is 7.79. The molecule has 0 aliphatic heterocycles. The van der Waals surface area contributed by atoms with Gasteiger partial charge in [-0.15, -0.1) is 0 Å². The SMILES string of the molecule is Cc1cccc(OCCCN(C)CC(C)C(=O)O)c1. The second-order valence-corrected chi connectivity index (χ2v) is 5.02.